The van der Waals surface area contributed by atoms with Crippen LogP contribution in [0.5, 0.6) is 0 Å². The van der Waals surface area contributed by atoms with Gasteiger partial charge in [0.05, 0.1) is 0 Å². The number of hydrogen-bond donors (Lipinski definition) is 1. The van der Waals surface area contributed by atoms with Crippen LogP contribution in [0.25, 0.3) is 0 Å². The third kappa shape index (κ3) is 5.61. The number of rotatable bonds is 9. The predicted molar refractivity (Wildman–Crippen MR) is 73.2 cm³/mol. The summed E-state index contributed by atoms with van der Waals surface area (Å²) >= 11 is 0. The maximum atomic E-state index is 12.9. The molecule has 1 unspecified atom stereocenters. The van der Waals surface area contributed by atoms with E-state index < -0.39 is 0 Å². The fraction of sp³-hybridized carbons (Fsp3) is 0.600. The minimum atomic E-state index is -0.178. The van der Waals surface area contributed by atoms with Crippen molar-refractivity contribution in [2.24, 2.45) is 0 Å². The van der Waals surface area contributed by atoms with Crippen LogP contribution in [0, 0.1) is 5.82 Å². The van der Waals surface area contributed by atoms with Gasteiger partial charge < -0.3 is 10.1 Å². The lowest BCUT2D eigenvalue weighted by molar-refractivity contribution is 0.141. The average molecular weight is 253 g/mol. The second-order valence-corrected chi connectivity index (χ2v) is 4.40. The van der Waals surface area contributed by atoms with Crippen LogP contribution in [-0.2, 0) is 4.74 Å². The summed E-state index contributed by atoms with van der Waals surface area (Å²) in [5.41, 5.74) is 1.15. The Hall–Kier alpha value is -0.930. The Bertz CT molecular complexity index is 313. The fourth-order valence-corrected chi connectivity index (χ4v) is 1.93. The minimum Gasteiger partial charge on any atom is -0.382 e. The molecule has 0 saturated heterocycles. The molecular weight excluding hydrogens is 229 g/mol. The second-order valence-electron chi connectivity index (χ2n) is 4.40. The summed E-state index contributed by atoms with van der Waals surface area (Å²) in [6.07, 6.45) is 3.14. The van der Waals surface area contributed by atoms with Crippen molar-refractivity contribution >= 4 is 0 Å². The summed E-state index contributed by atoms with van der Waals surface area (Å²) in [5.74, 6) is -0.178. The lowest BCUT2D eigenvalue weighted by Gasteiger charge is -2.19. The quantitative estimate of drug-likeness (QED) is 0.678. The molecule has 0 aromatic heterocycles. The number of benzene rings is 1. The molecule has 2 nitrogen and oxygen atoms in total. The third-order valence-electron chi connectivity index (χ3n) is 2.90. The first-order chi connectivity index (χ1) is 8.77. The molecule has 0 aliphatic carbocycles. The topological polar surface area (TPSA) is 21.3 Å². The van der Waals surface area contributed by atoms with Crippen molar-refractivity contribution in [3.05, 3.63) is 35.6 Å². The molecule has 0 bridgehead atoms. The normalized spacial score (nSPS) is 12.6. The zero-order chi connectivity index (χ0) is 13.2. The summed E-state index contributed by atoms with van der Waals surface area (Å²) in [7, 11) is 0. The van der Waals surface area contributed by atoms with Gasteiger partial charge in [0.2, 0.25) is 0 Å². The van der Waals surface area contributed by atoms with Gasteiger partial charge in [0.15, 0.2) is 0 Å². The third-order valence-corrected chi connectivity index (χ3v) is 2.90. The molecule has 1 N–H and O–H groups in total. The summed E-state index contributed by atoms with van der Waals surface area (Å²) in [4.78, 5) is 0. The average Bonchev–Trinajstić information content (AvgIpc) is 2.39. The number of nitrogens with one attached hydrogen (secondary N) is 1. The Morgan fingerprint density at radius 2 is 1.94 bits per heavy atom. The molecule has 0 heterocycles. The van der Waals surface area contributed by atoms with Crippen molar-refractivity contribution in [2.75, 3.05) is 19.8 Å². The van der Waals surface area contributed by atoms with Crippen LogP contribution in [0.15, 0.2) is 24.3 Å². The molecule has 0 aliphatic rings. The van der Waals surface area contributed by atoms with Crippen molar-refractivity contribution in [1.82, 2.24) is 5.32 Å². The zero-order valence-electron chi connectivity index (χ0n) is 11.4. The first-order valence-corrected chi connectivity index (χ1v) is 6.84. The SMILES string of the molecule is CCCNC(CCCOCC)c1ccc(F)cc1. The van der Waals surface area contributed by atoms with Gasteiger partial charge in [-0.3, -0.25) is 0 Å². The van der Waals surface area contributed by atoms with Crippen LogP contribution >= 0.6 is 0 Å². The second kappa shape index (κ2) is 9.06. The van der Waals surface area contributed by atoms with Gasteiger partial charge in [-0.25, -0.2) is 4.39 Å². The van der Waals surface area contributed by atoms with Crippen LogP contribution in [0.3, 0.4) is 0 Å². The summed E-state index contributed by atoms with van der Waals surface area (Å²) in [6.45, 7) is 6.70. The van der Waals surface area contributed by atoms with E-state index in [0.29, 0.717) is 6.04 Å². The van der Waals surface area contributed by atoms with Crippen LogP contribution in [0.4, 0.5) is 4.39 Å². The van der Waals surface area contributed by atoms with Crippen molar-refractivity contribution in [2.45, 2.75) is 39.2 Å². The molecule has 1 aromatic rings. The van der Waals surface area contributed by atoms with Gasteiger partial charge >= 0.3 is 0 Å². The zero-order valence-corrected chi connectivity index (χ0v) is 11.4. The van der Waals surface area contributed by atoms with E-state index in [4.69, 9.17) is 4.74 Å². The summed E-state index contributed by atoms with van der Waals surface area (Å²) < 4.78 is 18.3. The molecule has 0 aliphatic heterocycles. The van der Waals surface area contributed by atoms with Crippen LogP contribution in [0.1, 0.15) is 44.7 Å². The van der Waals surface area contributed by atoms with E-state index in [2.05, 4.69) is 12.2 Å². The van der Waals surface area contributed by atoms with Crippen LogP contribution < -0.4 is 5.32 Å². The maximum Gasteiger partial charge on any atom is 0.123 e. The maximum absolute atomic E-state index is 12.9. The number of hydrogen-bond acceptors (Lipinski definition) is 2. The fourth-order valence-electron chi connectivity index (χ4n) is 1.93. The van der Waals surface area contributed by atoms with Gasteiger partial charge in [0.1, 0.15) is 5.82 Å². The molecule has 1 aromatic carbocycles. The van der Waals surface area contributed by atoms with Crippen molar-refractivity contribution in [3.63, 3.8) is 0 Å². The molecule has 1 rings (SSSR count). The summed E-state index contributed by atoms with van der Waals surface area (Å²) in [5, 5.41) is 3.50. The highest BCUT2D eigenvalue weighted by Gasteiger charge is 2.10. The van der Waals surface area contributed by atoms with Gasteiger partial charge in [0.25, 0.3) is 0 Å². The lowest BCUT2D eigenvalue weighted by Crippen LogP contribution is -2.22. The Morgan fingerprint density at radius 3 is 2.56 bits per heavy atom. The summed E-state index contributed by atoms with van der Waals surface area (Å²) in [6, 6.07) is 7.08. The van der Waals surface area contributed by atoms with E-state index in [1.54, 1.807) is 0 Å². The van der Waals surface area contributed by atoms with Gasteiger partial charge in [-0.2, -0.15) is 0 Å². The van der Waals surface area contributed by atoms with E-state index in [1.165, 1.54) is 12.1 Å². The Labute approximate surface area is 110 Å². The Kier molecular flexibility index (Phi) is 7.62. The van der Waals surface area contributed by atoms with Gasteiger partial charge in [-0.1, -0.05) is 19.1 Å². The monoisotopic (exact) mass is 253 g/mol. The highest BCUT2D eigenvalue weighted by molar-refractivity contribution is 5.19. The van der Waals surface area contributed by atoms with Gasteiger partial charge in [0, 0.05) is 19.3 Å². The number of halogens is 1. The van der Waals surface area contributed by atoms with E-state index in [1.807, 2.05) is 19.1 Å². The van der Waals surface area contributed by atoms with E-state index >= 15 is 0 Å². The van der Waals surface area contributed by atoms with Crippen LogP contribution in [0.2, 0.25) is 0 Å². The first-order valence-electron chi connectivity index (χ1n) is 6.84. The van der Waals surface area contributed by atoms with Crippen LogP contribution in [-0.4, -0.2) is 19.8 Å². The lowest BCUT2D eigenvalue weighted by atomic mass is 10.0. The number of ether oxygens (including phenoxy) is 1. The molecule has 0 fully saturated rings. The molecule has 0 saturated carbocycles. The molecule has 102 valence electrons. The molecule has 0 radical (unpaired) electrons. The van der Waals surface area contributed by atoms with Crippen molar-refractivity contribution in [1.29, 1.82) is 0 Å². The van der Waals surface area contributed by atoms with Crippen molar-refractivity contribution < 1.29 is 9.13 Å². The molecule has 18 heavy (non-hydrogen) atoms. The largest absolute Gasteiger partial charge is 0.382 e. The van der Waals surface area contributed by atoms with Gasteiger partial charge in [-0.05, 0) is 50.4 Å². The van der Waals surface area contributed by atoms with Gasteiger partial charge in [-0.15, -0.1) is 0 Å². The highest BCUT2D eigenvalue weighted by atomic mass is 19.1. The smallest absolute Gasteiger partial charge is 0.123 e. The minimum absolute atomic E-state index is 0.178. The first kappa shape index (κ1) is 15.1. The van der Waals surface area contributed by atoms with Crippen molar-refractivity contribution in [3.8, 4) is 0 Å². The highest BCUT2D eigenvalue weighted by Crippen LogP contribution is 2.19. The molecule has 3 heteroatoms. The van der Waals surface area contributed by atoms with E-state index in [9.17, 15) is 4.39 Å². The standard InChI is InChI=1S/C15H24FNO/c1-3-11-17-15(6-5-12-18-4-2)13-7-9-14(16)10-8-13/h7-10,15,17H,3-6,11-12H2,1-2H3. The molecule has 0 spiro atoms. The van der Waals surface area contributed by atoms with E-state index in [-0.39, 0.29) is 5.82 Å². The molecule has 0 amide bonds. The molecular formula is C15H24FNO. The Balaban J connectivity index is 2.51. The Morgan fingerprint density at radius 1 is 1.22 bits per heavy atom. The molecule has 1 atom stereocenters. The van der Waals surface area contributed by atoms with E-state index in [0.717, 1.165) is 44.6 Å². The predicted octanol–water partition coefficient (Wildman–Crippen LogP) is 3.68.